The molecule has 0 spiro atoms. The van der Waals surface area contributed by atoms with Gasteiger partial charge in [-0.2, -0.15) is 0 Å². The lowest BCUT2D eigenvalue weighted by Gasteiger charge is -2.21. The second kappa shape index (κ2) is 9.71. The van der Waals surface area contributed by atoms with Crippen molar-refractivity contribution in [2.24, 2.45) is 0 Å². The molecule has 1 atom stereocenters. The van der Waals surface area contributed by atoms with Crippen molar-refractivity contribution in [3.63, 3.8) is 0 Å². The lowest BCUT2D eigenvalue weighted by atomic mass is 10.1. The molecule has 2 rings (SSSR count). The molecule has 126 valence electrons. The Hall–Kier alpha value is -1.36. The minimum atomic E-state index is 0.118. The summed E-state index contributed by atoms with van der Waals surface area (Å²) in [5.41, 5.74) is 1.29. The third kappa shape index (κ3) is 5.65. The van der Waals surface area contributed by atoms with Gasteiger partial charge >= 0.3 is 0 Å². The molecule has 0 aliphatic carbocycles. The lowest BCUT2D eigenvalue weighted by Crippen LogP contribution is -2.21. The van der Waals surface area contributed by atoms with E-state index < -0.39 is 0 Å². The van der Waals surface area contributed by atoms with Gasteiger partial charge in [-0.05, 0) is 56.7 Å². The molecule has 2 aromatic rings. The van der Waals surface area contributed by atoms with Crippen LogP contribution in [0.25, 0.3) is 0 Å². The molecule has 0 bridgehead atoms. The van der Waals surface area contributed by atoms with Crippen molar-refractivity contribution in [1.29, 1.82) is 0 Å². The first-order valence-electron chi connectivity index (χ1n) is 8.35. The summed E-state index contributed by atoms with van der Waals surface area (Å²) in [5, 5.41) is 5.34. The first-order valence-corrected chi connectivity index (χ1v) is 9.23. The number of likely N-dealkylation sites (N-methyl/N-ethyl adjacent to an activating group) is 1. The Balaban J connectivity index is 2.09. The number of rotatable bonds is 10. The van der Waals surface area contributed by atoms with E-state index in [1.54, 1.807) is 11.3 Å². The highest BCUT2D eigenvalue weighted by Crippen LogP contribution is 2.30. The zero-order chi connectivity index (χ0) is 16.5. The van der Waals surface area contributed by atoms with E-state index in [-0.39, 0.29) is 6.10 Å². The molecule has 23 heavy (non-hydrogen) atoms. The summed E-state index contributed by atoms with van der Waals surface area (Å²) in [6, 6.07) is 12.7. The van der Waals surface area contributed by atoms with Crippen LogP contribution >= 0.6 is 11.3 Å². The Morgan fingerprint density at radius 3 is 2.74 bits per heavy atom. The molecule has 0 aliphatic rings. The molecule has 0 aliphatic heterocycles. The van der Waals surface area contributed by atoms with Crippen LogP contribution in [-0.4, -0.2) is 38.6 Å². The lowest BCUT2D eigenvalue weighted by molar-refractivity contribution is 0.196. The number of hydrogen-bond donors (Lipinski definition) is 1. The van der Waals surface area contributed by atoms with Crippen LogP contribution in [0, 0.1) is 0 Å². The third-order valence-corrected chi connectivity index (χ3v) is 5.03. The summed E-state index contributed by atoms with van der Waals surface area (Å²) in [5.74, 6) is 1.02. The van der Waals surface area contributed by atoms with Crippen LogP contribution in [0.2, 0.25) is 0 Å². The van der Waals surface area contributed by atoms with Gasteiger partial charge in [-0.1, -0.05) is 31.2 Å². The van der Waals surface area contributed by atoms with E-state index in [0.717, 1.165) is 38.2 Å². The smallest absolute Gasteiger partial charge is 0.134 e. The van der Waals surface area contributed by atoms with Gasteiger partial charge in [0.25, 0.3) is 0 Å². The molecule has 1 aromatic carbocycles. The van der Waals surface area contributed by atoms with Gasteiger partial charge in [0.1, 0.15) is 11.9 Å². The minimum absolute atomic E-state index is 0.118. The van der Waals surface area contributed by atoms with Crippen LogP contribution in [0.15, 0.2) is 41.8 Å². The van der Waals surface area contributed by atoms with Gasteiger partial charge in [0.2, 0.25) is 0 Å². The van der Waals surface area contributed by atoms with E-state index in [1.165, 1.54) is 10.4 Å². The summed E-state index contributed by atoms with van der Waals surface area (Å²) in [6.45, 7) is 5.26. The van der Waals surface area contributed by atoms with Gasteiger partial charge in [-0.15, -0.1) is 11.3 Å². The maximum atomic E-state index is 6.41. The van der Waals surface area contributed by atoms with Crippen LogP contribution in [0.5, 0.6) is 5.75 Å². The predicted octanol–water partition coefficient (Wildman–Crippen LogP) is 3.97. The number of nitrogens with zero attached hydrogens (tertiary/aromatic N) is 1. The van der Waals surface area contributed by atoms with Crippen molar-refractivity contribution >= 4 is 11.3 Å². The molecular weight excluding hydrogens is 304 g/mol. The van der Waals surface area contributed by atoms with E-state index in [4.69, 9.17) is 4.74 Å². The normalized spacial score (nSPS) is 12.5. The van der Waals surface area contributed by atoms with Crippen molar-refractivity contribution in [3.05, 3.63) is 52.2 Å². The monoisotopic (exact) mass is 332 g/mol. The molecule has 1 aromatic heterocycles. The topological polar surface area (TPSA) is 24.5 Å². The summed E-state index contributed by atoms with van der Waals surface area (Å²) in [4.78, 5) is 3.62. The van der Waals surface area contributed by atoms with Crippen molar-refractivity contribution in [2.75, 3.05) is 33.7 Å². The number of hydrogen-bond acceptors (Lipinski definition) is 4. The standard InChI is InChI=1S/C19H28N2OS/c1-4-21(3)14-12-16-8-5-6-9-17(16)22-18(11-13-20-2)19-10-7-15-23-19/h5-10,15,18,20H,4,11-14H2,1-3H3/t18-/m1/s1. The average molecular weight is 333 g/mol. The Morgan fingerprint density at radius 2 is 2.04 bits per heavy atom. The third-order valence-electron chi connectivity index (χ3n) is 4.06. The van der Waals surface area contributed by atoms with Crippen molar-refractivity contribution in [1.82, 2.24) is 10.2 Å². The van der Waals surface area contributed by atoms with Crippen LogP contribution in [0.4, 0.5) is 0 Å². The van der Waals surface area contributed by atoms with Crippen LogP contribution in [-0.2, 0) is 6.42 Å². The summed E-state index contributed by atoms with van der Waals surface area (Å²) in [6.07, 6.45) is 2.11. The molecule has 3 nitrogen and oxygen atoms in total. The Morgan fingerprint density at radius 1 is 1.22 bits per heavy atom. The predicted molar refractivity (Wildman–Crippen MR) is 99.5 cm³/mol. The first-order chi connectivity index (χ1) is 11.2. The van der Waals surface area contributed by atoms with Gasteiger partial charge in [-0.3, -0.25) is 0 Å². The number of para-hydroxylation sites is 1. The summed E-state index contributed by atoms with van der Waals surface area (Å²) >= 11 is 1.77. The number of ether oxygens (including phenoxy) is 1. The fraction of sp³-hybridized carbons (Fsp3) is 0.474. The highest BCUT2D eigenvalue weighted by Gasteiger charge is 2.16. The van der Waals surface area contributed by atoms with E-state index in [9.17, 15) is 0 Å². The quantitative estimate of drug-likeness (QED) is 0.712. The summed E-state index contributed by atoms with van der Waals surface area (Å²) in [7, 11) is 4.14. The second-order valence-electron chi connectivity index (χ2n) is 5.77. The van der Waals surface area contributed by atoms with E-state index in [1.807, 2.05) is 7.05 Å². The van der Waals surface area contributed by atoms with Crippen LogP contribution in [0.1, 0.15) is 29.9 Å². The molecule has 0 unspecified atom stereocenters. The van der Waals surface area contributed by atoms with Gasteiger partial charge in [0.15, 0.2) is 0 Å². The highest BCUT2D eigenvalue weighted by atomic mass is 32.1. The maximum Gasteiger partial charge on any atom is 0.134 e. The number of nitrogens with one attached hydrogen (secondary N) is 1. The minimum Gasteiger partial charge on any atom is -0.485 e. The Labute approximate surface area is 144 Å². The van der Waals surface area contributed by atoms with E-state index >= 15 is 0 Å². The molecule has 0 saturated carbocycles. The van der Waals surface area contributed by atoms with E-state index in [0.29, 0.717) is 0 Å². The van der Waals surface area contributed by atoms with Crippen molar-refractivity contribution in [2.45, 2.75) is 25.9 Å². The fourth-order valence-electron chi connectivity index (χ4n) is 2.46. The molecule has 4 heteroatoms. The highest BCUT2D eigenvalue weighted by molar-refractivity contribution is 7.10. The van der Waals surface area contributed by atoms with E-state index in [2.05, 4.69) is 66.0 Å². The number of benzene rings is 1. The number of thiophene rings is 1. The van der Waals surface area contributed by atoms with Gasteiger partial charge in [-0.25, -0.2) is 0 Å². The first kappa shape index (κ1) is 18.0. The maximum absolute atomic E-state index is 6.41. The molecule has 0 fully saturated rings. The summed E-state index contributed by atoms with van der Waals surface area (Å²) < 4.78 is 6.41. The van der Waals surface area contributed by atoms with Gasteiger partial charge in [0, 0.05) is 17.8 Å². The molecule has 0 radical (unpaired) electrons. The van der Waals surface area contributed by atoms with Crippen molar-refractivity contribution in [3.8, 4) is 5.75 Å². The van der Waals surface area contributed by atoms with Gasteiger partial charge in [0.05, 0.1) is 0 Å². The zero-order valence-corrected chi connectivity index (χ0v) is 15.2. The molecular formula is C19H28N2OS. The Bertz CT molecular complexity index is 556. The largest absolute Gasteiger partial charge is 0.485 e. The SMILES string of the molecule is CCN(C)CCc1ccccc1O[C@H](CCNC)c1cccs1. The molecule has 0 saturated heterocycles. The van der Waals surface area contributed by atoms with Gasteiger partial charge < -0.3 is 15.0 Å². The van der Waals surface area contributed by atoms with Crippen molar-refractivity contribution < 1.29 is 4.74 Å². The molecule has 1 heterocycles. The average Bonchev–Trinajstić information content (AvgIpc) is 3.11. The fourth-order valence-corrected chi connectivity index (χ4v) is 3.25. The Kier molecular flexibility index (Phi) is 7.59. The van der Waals surface area contributed by atoms with Crippen LogP contribution in [0.3, 0.4) is 0 Å². The second-order valence-corrected chi connectivity index (χ2v) is 6.75. The van der Waals surface area contributed by atoms with Crippen LogP contribution < -0.4 is 10.1 Å². The molecule has 1 N–H and O–H groups in total. The molecule has 0 amide bonds. The zero-order valence-electron chi connectivity index (χ0n) is 14.4.